The third kappa shape index (κ3) is 4.95. The molecule has 2 aliphatic rings. The van der Waals surface area contributed by atoms with Crippen LogP contribution in [0.4, 0.5) is 4.79 Å². The summed E-state index contributed by atoms with van der Waals surface area (Å²) in [6.45, 7) is 1.48. The molecule has 0 aromatic heterocycles. The maximum absolute atomic E-state index is 12.7. The van der Waals surface area contributed by atoms with E-state index in [1.807, 2.05) is 0 Å². The Morgan fingerprint density at radius 1 is 1.28 bits per heavy atom. The van der Waals surface area contributed by atoms with Crippen LogP contribution in [0.15, 0.2) is 30.3 Å². The Morgan fingerprint density at radius 3 is 2.59 bits per heavy atom. The number of ether oxygens (including phenoxy) is 1. The normalized spacial score (nSPS) is 24.1. The highest BCUT2D eigenvalue weighted by atomic mass is 35.5. The van der Waals surface area contributed by atoms with Gasteiger partial charge in [0.25, 0.3) is 11.8 Å². The van der Waals surface area contributed by atoms with Gasteiger partial charge in [0.1, 0.15) is 5.54 Å². The maximum atomic E-state index is 12.7. The van der Waals surface area contributed by atoms with Gasteiger partial charge in [0.15, 0.2) is 6.61 Å². The van der Waals surface area contributed by atoms with E-state index in [0.29, 0.717) is 28.8 Å². The number of benzene rings is 1. The predicted molar refractivity (Wildman–Crippen MR) is 105 cm³/mol. The molecule has 8 nitrogen and oxygen atoms in total. The summed E-state index contributed by atoms with van der Waals surface area (Å²) < 4.78 is 4.85. The van der Waals surface area contributed by atoms with Gasteiger partial charge in [-0.15, -0.1) is 0 Å². The lowest BCUT2D eigenvalue weighted by Crippen LogP contribution is -2.52. The highest BCUT2D eigenvalue weighted by molar-refractivity contribution is 6.30. The van der Waals surface area contributed by atoms with Crippen LogP contribution in [0.1, 0.15) is 38.2 Å². The average Bonchev–Trinajstić information content (AvgIpc) is 2.92. The molecular weight excluding hydrogens is 398 g/mol. The molecule has 3 rings (SSSR count). The van der Waals surface area contributed by atoms with Gasteiger partial charge in [-0.2, -0.15) is 5.01 Å². The number of rotatable bonds is 5. The number of carbonyl (C=O) groups excluding carboxylic acids is 4. The number of nitrogens with zero attached hydrogens (tertiary/aromatic N) is 1. The van der Waals surface area contributed by atoms with E-state index in [9.17, 15) is 19.2 Å². The fourth-order valence-corrected chi connectivity index (χ4v) is 3.52. The zero-order valence-electron chi connectivity index (χ0n) is 15.9. The zero-order chi connectivity index (χ0) is 21.0. The molecule has 29 heavy (non-hydrogen) atoms. The van der Waals surface area contributed by atoms with Gasteiger partial charge in [0.2, 0.25) is 0 Å². The minimum absolute atomic E-state index is 0.475. The monoisotopic (exact) mass is 419 g/mol. The minimum Gasteiger partial charge on any atom is -0.452 e. The largest absolute Gasteiger partial charge is 0.452 e. The van der Waals surface area contributed by atoms with Crippen LogP contribution in [0.2, 0.25) is 5.02 Å². The van der Waals surface area contributed by atoms with Crippen LogP contribution in [0.5, 0.6) is 0 Å². The predicted octanol–water partition coefficient (Wildman–Crippen LogP) is 2.43. The van der Waals surface area contributed by atoms with Gasteiger partial charge in [0, 0.05) is 11.1 Å². The Labute approximate surface area is 173 Å². The average molecular weight is 420 g/mol. The number of hydrogen-bond acceptors (Lipinski definition) is 5. The van der Waals surface area contributed by atoms with Crippen molar-refractivity contribution < 1.29 is 23.9 Å². The van der Waals surface area contributed by atoms with Crippen LogP contribution in [0.3, 0.4) is 0 Å². The van der Waals surface area contributed by atoms with Crippen LogP contribution in [0.25, 0.3) is 6.08 Å². The van der Waals surface area contributed by atoms with Gasteiger partial charge < -0.3 is 10.1 Å². The first-order chi connectivity index (χ1) is 13.8. The van der Waals surface area contributed by atoms with E-state index in [-0.39, 0.29) is 0 Å². The molecule has 2 fully saturated rings. The molecule has 154 valence electrons. The summed E-state index contributed by atoms with van der Waals surface area (Å²) in [6.07, 6.45) is 5.41. The van der Waals surface area contributed by atoms with Crippen molar-refractivity contribution in [2.24, 2.45) is 5.92 Å². The number of urea groups is 1. The molecule has 2 N–H and O–H groups in total. The molecule has 4 amide bonds. The molecule has 1 spiro atoms. The molecule has 1 heterocycles. The first-order valence-corrected chi connectivity index (χ1v) is 9.73. The van der Waals surface area contributed by atoms with Gasteiger partial charge in [0.05, 0.1) is 0 Å². The van der Waals surface area contributed by atoms with Crippen molar-refractivity contribution in [2.75, 3.05) is 6.61 Å². The summed E-state index contributed by atoms with van der Waals surface area (Å²) in [5.74, 6) is -1.49. The molecule has 9 heteroatoms. The Bertz CT molecular complexity index is 844. The SMILES string of the molecule is CC1CCC2(CC1)NC(=O)N(NC(=O)COC(=O)/C=C/c1ccc(Cl)cc1)C2=O. The smallest absolute Gasteiger partial charge is 0.344 e. The van der Waals surface area contributed by atoms with Crippen molar-refractivity contribution in [1.82, 2.24) is 15.8 Å². The first-order valence-electron chi connectivity index (χ1n) is 9.36. The highest BCUT2D eigenvalue weighted by Crippen LogP contribution is 2.35. The third-order valence-electron chi connectivity index (χ3n) is 5.15. The molecule has 1 aliphatic heterocycles. The van der Waals surface area contributed by atoms with Gasteiger partial charge in [-0.25, -0.2) is 9.59 Å². The van der Waals surface area contributed by atoms with E-state index in [4.69, 9.17) is 16.3 Å². The second-order valence-corrected chi connectivity index (χ2v) is 7.80. The van der Waals surface area contributed by atoms with Crippen LogP contribution in [0, 0.1) is 5.92 Å². The Kier molecular flexibility index (Phi) is 6.22. The molecule has 1 saturated carbocycles. The van der Waals surface area contributed by atoms with Crippen LogP contribution < -0.4 is 10.7 Å². The Hall–Kier alpha value is -2.87. The van der Waals surface area contributed by atoms with Crippen LogP contribution >= 0.6 is 11.6 Å². The quantitative estimate of drug-likeness (QED) is 0.433. The molecular formula is C20H22ClN3O5. The maximum Gasteiger partial charge on any atom is 0.344 e. The number of halogens is 1. The first kappa shape index (κ1) is 20.9. The second-order valence-electron chi connectivity index (χ2n) is 7.36. The molecule has 1 aromatic carbocycles. The topological polar surface area (TPSA) is 105 Å². The summed E-state index contributed by atoms with van der Waals surface area (Å²) in [5, 5.41) is 3.95. The number of esters is 1. The van der Waals surface area contributed by atoms with Gasteiger partial charge in [-0.1, -0.05) is 30.7 Å². The Morgan fingerprint density at radius 2 is 1.93 bits per heavy atom. The lowest BCUT2D eigenvalue weighted by molar-refractivity contribution is -0.147. The Balaban J connectivity index is 1.49. The van der Waals surface area contributed by atoms with Gasteiger partial charge >= 0.3 is 12.0 Å². The fraction of sp³-hybridized carbons (Fsp3) is 0.400. The van der Waals surface area contributed by atoms with E-state index in [1.165, 1.54) is 12.2 Å². The second kappa shape index (κ2) is 8.65. The van der Waals surface area contributed by atoms with Crippen molar-refractivity contribution in [3.63, 3.8) is 0 Å². The van der Waals surface area contributed by atoms with Gasteiger partial charge in [-0.3, -0.25) is 15.0 Å². The number of hydrogen-bond donors (Lipinski definition) is 2. The van der Waals surface area contributed by atoms with Crippen molar-refractivity contribution in [3.05, 3.63) is 40.9 Å². The van der Waals surface area contributed by atoms with Crippen molar-refractivity contribution in [2.45, 2.75) is 38.1 Å². The number of imide groups is 1. The molecule has 0 unspecified atom stereocenters. The molecule has 0 bridgehead atoms. The van der Waals surface area contributed by atoms with Crippen molar-refractivity contribution in [3.8, 4) is 0 Å². The van der Waals surface area contributed by atoms with Gasteiger partial charge in [-0.05, 0) is 55.4 Å². The number of hydrazine groups is 1. The molecule has 0 atom stereocenters. The molecule has 0 radical (unpaired) electrons. The van der Waals surface area contributed by atoms with E-state index in [1.54, 1.807) is 24.3 Å². The third-order valence-corrected chi connectivity index (χ3v) is 5.41. The lowest BCUT2D eigenvalue weighted by atomic mass is 9.77. The van der Waals surface area contributed by atoms with Crippen LogP contribution in [-0.2, 0) is 19.1 Å². The number of amides is 4. The lowest BCUT2D eigenvalue weighted by Gasteiger charge is -2.33. The minimum atomic E-state index is -0.950. The summed E-state index contributed by atoms with van der Waals surface area (Å²) in [6, 6.07) is 6.12. The zero-order valence-corrected chi connectivity index (χ0v) is 16.7. The van der Waals surface area contributed by atoms with E-state index >= 15 is 0 Å². The van der Waals surface area contributed by atoms with E-state index in [2.05, 4.69) is 17.7 Å². The molecule has 1 aromatic rings. The van der Waals surface area contributed by atoms with Crippen molar-refractivity contribution in [1.29, 1.82) is 0 Å². The molecule has 1 saturated heterocycles. The summed E-state index contributed by atoms with van der Waals surface area (Å²) in [7, 11) is 0. The number of nitrogens with one attached hydrogen (secondary N) is 2. The van der Waals surface area contributed by atoms with E-state index < -0.39 is 36.0 Å². The summed E-state index contributed by atoms with van der Waals surface area (Å²) in [5.41, 5.74) is 2.00. The van der Waals surface area contributed by atoms with Crippen LogP contribution in [-0.4, -0.2) is 41.0 Å². The highest BCUT2D eigenvalue weighted by Gasteiger charge is 2.52. The van der Waals surface area contributed by atoms with Crippen molar-refractivity contribution >= 4 is 41.5 Å². The standard InChI is InChI=1S/C20H22ClN3O5/c1-13-8-10-20(11-9-13)18(27)24(19(28)22-20)23-16(25)12-29-17(26)7-4-14-2-5-15(21)6-3-14/h2-7,13H,8-12H2,1H3,(H,22,28)(H,23,25)/b7-4+. The fourth-order valence-electron chi connectivity index (χ4n) is 3.40. The summed E-state index contributed by atoms with van der Waals surface area (Å²) in [4.78, 5) is 48.6. The summed E-state index contributed by atoms with van der Waals surface area (Å²) >= 11 is 5.79. The van der Waals surface area contributed by atoms with E-state index in [0.717, 1.165) is 18.4 Å². The molecule has 1 aliphatic carbocycles. The number of carbonyl (C=O) groups is 4.